The first-order valence-corrected chi connectivity index (χ1v) is 31.3. The number of aromatic nitrogens is 12. The van der Waals surface area contributed by atoms with Gasteiger partial charge in [-0.3, -0.25) is 36.3 Å². The molecule has 9 rings (SSSR count). The van der Waals surface area contributed by atoms with Gasteiger partial charge in [0.25, 0.3) is 0 Å². The van der Waals surface area contributed by atoms with Crippen molar-refractivity contribution in [2.24, 2.45) is 0 Å². The molecular formula is C36H55N16O25P5. The van der Waals surface area contributed by atoms with Crippen LogP contribution in [0.2, 0.25) is 0 Å². The minimum absolute atomic E-state index is 0.000333. The molecule has 6 aromatic heterocycles. The second-order valence-corrected chi connectivity index (χ2v) is 24.8. The van der Waals surface area contributed by atoms with Crippen molar-refractivity contribution < 1.29 is 118 Å². The van der Waals surface area contributed by atoms with Crippen molar-refractivity contribution >= 4 is 90.1 Å². The first-order chi connectivity index (χ1) is 38.5. The van der Waals surface area contributed by atoms with Crippen LogP contribution in [-0.4, -0.2) is 208 Å². The van der Waals surface area contributed by atoms with E-state index in [0.29, 0.717) is 0 Å². The lowest BCUT2D eigenvalue weighted by Gasteiger charge is -2.25. The van der Waals surface area contributed by atoms with E-state index in [0.717, 1.165) is 40.8 Å². The number of nitrogens with zero attached hydrogens (tertiary/aromatic N) is 13. The summed E-state index contributed by atoms with van der Waals surface area (Å²) < 4.78 is 117. The van der Waals surface area contributed by atoms with Gasteiger partial charge in [-0.2, -0.15) is 8.62 Å². The Hall–Kier alpha value is -4.64. The molecule has 46 heteroatoms. The van der Waals surface area contributed by atoms with Gasteiger partial charge in [0.1, 0.15) is 90.5 Å². The number of fused-ring (bicyclic) bond motifs is 3. The van der Waals surface area contributed by atoms with Gasteiger partial charge in [0, 0.05) is 0 Å². The highest BCUT2D eigenvalue weighted by Gasteiger charge is 2.54. The van der Waals surface area contributed by atoms with Crippen molar-refractivity contribution in [3.63, 3.8) is 0 Å². The zero-order chi connectivity index (χ0) is 59.9. The Morgan fingerprint density at radius 1 is 0.476 bits per heavy atom. The highest BCUT2D eigenvalue weighted by molar-refractivity contribution is 7.66. The highest BCUT2D eigenvalue weighted by atomic mass is 31.3. The van der Waals surface area contributed by atoms with E-state index in [4.69, 9.17) is 59.3 Å². The molecule has 16 atom stereocenters. The topological polar surface area (TPSA) is 592 Å². The number of hydrogen-bond acceptors (Lipinski definition) is 32. The van der Waals surface area contributed by atoms with Gasteiger partial charge >= 0.3 is 39.1 Å². The molecule has 0 amide bonds. The number of anilines is 3. The largest absolute Gasteiger partial charge is 0.490 e. The van der Waals surface area contributed by atoms with Crippen LogP contribution in [-0.2, 0) is 68.3 Å². The number of hydrogen-bond donors (Lipinski definition) is 13. The van der Waals surface area contributed by atoms with E-state index in [1.54, 1.807) is 0 Å². The van der Waals surface area contributed by atoms with Crippen LogP contribution in [0.4, 0.5) is 17.5 Å². The van der Waals surface area contributed by atoms with Crippen LogP contribution in [0.1, 0.15) is 39.5 Å². The van der Waals surface area contributed by atoms with Crippen LogP contribution in [0.3, 0.4) is 0 Å². The summed E-state index contributed by atoms with van der Waals surface area (Å²) >= 11 is 0. The van der Waals surface area contributed by atoms with Gasteiger partial charge in [0.15, 0.2) is 53.1 Å². The summed E-state index contributed by atoms with van der Waals surface area (Å²) in [6, 6.07) is 0. The standard InChI is InChI=1S/C30H40N15O25P5.C6H15N/c31-22-13-25(37-4-34-22)43(7-40-13)28-19(49)16(46)10(64-28)1-61-72(53,54)67-20-17(47)11(65-29(20)44-8-41-14-23(32)35-5-38-26(14)44)2-62-73(55,56)68-21-18(48)12(3-63-74(57,58)70-75(59,60)69-71(50,51)52)66-30(21)45-9-42-15-24(33)36-6-39-27(15)45;1-4-7(5-2)6-3/h4-12,16-21,28-30,46-49H,1-3H2,(H,53,54)(H,55,56)(H,57,58)(H,59,60)(H2,31,34,37)(H2,32,35,38)(H2,33,36,39)(H2,50,51,52);4-6H2,1-3H3. The van der Waals surface area contributed by atoms with E-state index in [-0.39, 0.29) is 50.9 Å². The Morgan fingerprint density at radius 2 is 0.817 bits per heavy atom. The van der Waals surface area contributed by atoms with Gasteiger partial charge in [0.2, 0.25) is 0 Å². The number of imidazole rings is 3. The van der Waals surface area contributed by atoms with Gasteiger partial charge in [-0.15, -0.1) is 0 Å². The number of phosphoric acid groups is 5. The number of aliphatic hydroxyl groups excluding tert-OH is 4. The number of aliphatic hydroxyl groups is 4. The Bertz CT molecular complexity index is 3460. The van der Waals surface area contributed by atoms with Crippen LogP contribution >= 0.6 is 39.1 Å². The summed E-state index contributed by atoms with van der Waals surface area (Å²) in [5.74, 6) is -0.306. The average molecular weight is 1270 g/mol. The summed E-state index contributed by atoms with van der Waals surface area (Å²) in [5.41, 5.74) is 17.6. The fourth-order valence-corrected chi connectivity index (χ4v) is 13.4. The van der Waals surface area contributed by atoms with E-state index in [9.17, 15) is 62.8 Å². The van der Waals surface area contributed by atoms with Crippen LogP contribution in [0, 0.1) is 0 Å². The first-order valence-electron chi connectivity index (χ1n) is 23.8. The molecule has 0 aromatic carbocycles. The smallest absolute Gasteiger partial charge is 0.387 e. The molecule has 82 heavy (non-hydrogen) atoms. The predicted molar refractivity (Wildman–Crippen MR) is 270 cm³/mol. The van der Waals surface area contributed by atoms with E-state index in [2.05, 4.69) is 83.7 Å². The molecule has 3 aliphatic heterocycles. The summed E-state index contributed by atoms with van der Waals surface area (Å²) in [7, 11) is -28.6. The monoisotopic (exact) mass is 1270 g/mol. The Morgan fingerprint density at radius 3 is 1.17 bits per heavy atom. The molecule has 454 valence electrons. The van der Waals surface area contributed by atoms with Crippen molar-refractivity contribution in [1.29, 1.82) is 0 Å². The number of phosphoric ester groups is 3. The van der Waals surface area contributed by atoms with Crippen LogP contribution in [0.25, 0.3) is 33.5 Å². The molecular weight excluding hydrogens is 1210 g/mol. The van der Waals surface area contributed by atoms with Crippen molar-refractivity contribution in [3.05, 3.63) is 38.0 Å². The van der Waals surface area contributed by atoms with Gasteiger partial charge in [0.05, 0.1) is 38.8 Å². The Kier molecular flexibility index (Phi) is 19.4. The summed E-state index contributed by atoms with van der Waals surface area (Å²) in [5, 5.41) is 44.7. The Labute approximate surface area is 459 Å². The van der Waals surface area contributed by atoms with Gasteiger partial charge in [-0.05, 0) is 19.6 Å². The predicted octanol–water partition coefficient (Wildman–Crippen LogP) is -1.92. The third-order valence-corrected chi connectivity index (χ3v) is 18.2. The minimum Gasteiger partial charge on any atom is -0.387 e. The number of nitrogen functional groups attached to an aromatic ring is 3. The van der Waals surface area contributed by atoms with Crippen molar-refractivity contribution in [2.75, 3.05) is 56.7 Å². The van der Waals surface area contributed by atoms with E-state index in [1.165, 1.54) is 30.5 Å². The number of nitrogens with two attached hydrogens (primary N) is 3. The molecule has 0 radical (unpaired) electrons. The molecule has 3 saturated heterocycles. The number of rotatable bonds is 23. The molecule has 0 spiro atoms. The maximum absolute atomic E-state index is 13.8. The number of ether oxygens (including phenoxy) is 3. The van der Waals surface area contributed by atoms with Gasteiger partial charge in [-0.1, -0.05) is 20.8 Å². The van der Waals surface area contributed by atoms with Crippen LogP contribution in [0.15, 0.2) is 38.0 Å². The maximum Gasteiger partial charge on any atom is 0.490 e. The quantitative estimate of drug-likeness (QED) is 0.0311. The van der Waals surface area contributed by atoms with Crippen molar-refractivity contribution in [1.82, 2.24) is 63.5 Å². The second-order valence-electron chi connectivity index (χ2n) is 17.6. The maximum atomic E-state index is 13.8. The molecule has 0 aliphatic carbocycles. The molecule has 0 saturated carbocycles. The third kappa shape index (κ3) is 14.4. The highest BCUT2D eigenvalue weighted by Crippen LogP contribution is 2.66. The molecule has 16 N–H and O–H groups in total. The molecule has 6 aromatic rings. The Balaban J connectivity index is 0.00000118. The van der Waals surface area contributed by atoms with Crippen molar-refractivity contribution in [2.45, 2.75) is 94.4 Å². The zero-order valence-corrected chi connectivity index (χ0v) is 47.0. The lowest BCUT2D eigenvalue weighted by molar-refractivity contribution is -0.0644. The van der Waals surface area contributed by atoms with Gasteiger partial charge in [-0.25, -0.2) is 67.7 Å². The van der Waals surface area contributed by atoms with E-state index in [1.807, 2.05) is 0 Å². The molecule has 9 heterocycles. The fourth-order valence-electron chi connectivity index (χ4n) is 8.50. The SMILES string of the molecule is CCN(CC)CC.Nc1ncnc2c1ncn2C1OC(COP(=O)(O)OC2C(O)C(COP(=O)(O)OC3C(O)C(COP(=O)(O)OP(=O)(O)OP(=O)(O)O)OC3n3cnc4c(N)ncnc43)OC2n2cnc3c(N)ncnc32)C(O)C1O. The van der Waals surface area contributed by atoms with E-state index >= 15 is 0 Å². The summed E-state index contributed by atoms with van der Waals surface area (Å²) in [6.45, 7) is 6.76. The average Bonchev–Trinajstić information content (AvgIpc) is 3.86. The minimum atomic E-state index is -6.00. The molecule has 41 nitrogen and oxygen atoms in total. The molecule has 16 unspecified atom stereocenters. The van der Waals surface area contributed by atoms with E-state index < -0.39 is 133 Å². The second kappa shape index (κ2) is 25.1. The molecule has 3 fully saturated rings. The summed E-state index contributed by atoms with van der Waals surface area (Å²) in [6.07, 6.45) is -15.6. The van der Waals surface area contributed by atoms with Crippen LogP contribution in [0.5, 0.6) is 0 Å². The fraction of sp³-hybridized carbons (Fsp3) is 0.583. The normalized spacial score (nSPS) is 29.0. The lowest BCUT2D eigenvalue weighted by Crippen LogP contribution is -2.37. The van der Waals surface area contributed by atoms with Crippen LogP contribution < -0.4 is 17.2 Å². The lowest BCUT2D eigenvalue weighted by atomic mass is 10.1. The van der Waals surface area contributed by atoms with Gasteiger partial charge < -0.3 is 86.1 Å². The molecule has 3 aliphatic rings. The first kappa shape index (κ1) is 63.4. The zero-order valence-electron chi connectivity index (χ0n) is 42.5. The van der Waals surface area contributed by atoms with Crippen molar-refractivity contribution in [3.8, 4) is 0 Å². The summed E-state index contributed by atoms with van der Waals surface area (Å²) in [4.78, 5) is 97.7. The third-order valence-electron chi connectivity index (χ3n) is 12.4. The molecule has 0 bridgehead atoms.